The molecule has 0 radical (unpaired) electrons. The first-order valence-corrected chi connectivity index (χ1v) is 11.5. The van der Waals surface area contributed by atoms with Gasteiger partial charge in [0.15, 0.2) is 0 Å². The van der Waals surface area contributed by atoms with Gasteiger partial charge in [-0.3, -0.25) is 9.59 Å². The van der Waals surface area contributed by atoms with Crippen LogP contribution in [0, 0.1) is 11.7 Å². The predicted octanol–water partition coefficient (Wildman–Crippen LogP) is 3.82. The monoisotopic (exact) mass is 456 g/mol. The lowest BCUT2D eigenvalue weighted by molar-refractivity contribution is -0.140. The molecule has 1 aliphatic rings. The SMILES string of the molecule is CC(=O)NC(C(=O)N1N=C(c2cccc(F)c2)S[C@@]1(CCCN)c1ccccc1)C(C)C. The molecule has 2 amide bonds. The summed E-state index contributed by atoms with van der Waals surface area (Å²) < 4.78 is 14.0. The average Bonchev–Trinajstić information content (AvgIpc) is 3.17. The summed E-state index contributed by atoms with van der Waals surface area (Å²) >= 11 is 1.42. The summed E-state index contributed by atoms with van der Waals surface area (Å²) in [6, 6.07) is 15.1. The number of nitrogens with one attached hydrogen (secondary N) is 1. The number of nitrogens with two attached hydrogens (primary N) is 1. The standard InChI is InChI=1S/C24H29FN4O2S/c1-16(2)21(27-17(3)30)23(31)29-24(13-8-14-26,19-10-5-4-6-11-19)32-22(28-29)18-9-7-12-20(25)15-18/h4-7,9-12,15-16,21H,8,13-14,26H2,1-3H3,(H,27,30)/t21?,24-/m0/s1. The summed E-state index contributed by atoms with van der Waals surface area (Å²) in [5.41, 5.74) is 7.34. The number of halogens is 1. The van der Waals surface area contributed by atoms with E-state index in [-0.39, 0.29) is 23.5 Å². The molecule has 170 valence electrons. The van der Waals surface area contributed by atoms with Crippen LogP contribution in [0.3, 0.4) is 0 Å². The average molecular weight is 457 g/mol. The zero-order chi connectivity index (χ0) is 23.3. The van der Waals surface area contributed by atoms with Gasteiger partial charge in [0, 0.05) is 12.5 Å². The van der Waals surface area contributed by atoms with Crippen LogP contribution in [-0.2, 0) is 14.5 Å². The fourth-order valence-corrected chi connectivity index (χ4v) is 5.15. The van der Waals surface area contributed by atoms with E-state index in [0.717, 1.165) is 5.56 Å². The Hall–Kier alpha value is -2.71. The molecular weight excluding hydrogens is 427 g/mol. The molecular formula is C24H29FN4O2S. The van der Waals surface area contributed by atoms with Crippen LogP contribution in [0.25, 0.3) is 0 Å². The van der Waals surface area contributed by atoms with Gasteiger partial charge >= 0.3 is 0 Å². The van der Waals surface area contributed by atoms with Crippen LogP contribution in [0.5, 0.6) is 0 Å². The maximum absolute atomic E-state index is 14.0. The van der Waals surface area contributed by atoms with E-state index in [9.17, 15) is 14.0 Å². The molecule has 0 aromatic heterocycles. The van der Waals surface area contributed by atoms with Crippen LogP contribution in [0.15, 0.2) is 59.7 Å². The van der Waals surface area contributed by atoms with Crippen LogP contribution in [0.1, 0.15) is 44.7 Å². The Labute approximate surface area is 192 Å². The minimum absolute atomic E-state index is 0.146. The Morgan fingerprint density at radius 2 is 1.91 bits per heavy atom. The molecule has 3 rings (SSSR count). The number of amides is 2. The van der Waals surface area contributed by atoms with E-state index in [0.29, 0.717) is 30.0 Å². The quantitative estimate of drug-likeness (QED) is 0.632. The van der Waals surface area contributed by atoms with Gasteiger partial charge in [-0.15, -0.1) is 0 Å². The molecule has 0 spiro atoms. The normalized spacial score (nSPS) is 19.1. The van der Waals surface area contributed by atoms with E-state index in [4.69, 9.17) is 10.8 Å². The molecule has 2 atom stereocenters. The summed E-state index contributed by atoms with van der Waals surface area (Å²) in [5.74, 6) is -1.12. The molecule has 2 aromatic rings. The topological polar surface area (TPSA) is 87.8 Å². The molecule has 0 saturated heterocycles. The van der Waals surface area contributed by atoms with Gasteiger partial charge < -0.3 is 11.1 Å². The highest BCUT2D eigenvalue weighted by Gasteiger charge is 2.50. The van der Waals surface area contributed by atoms with Gasteiger partial charge in [0.25, 0.3) is 5.91 Å². The van der Waals surface area contributed by atoms with Gasteiger partial charge in [-0.2, -0.15) is 5.10 Å². The smallest absolute Gasteiger partial charge is 0.267 e. The molecule has 0 bridgehead atoms. The molecule has 0 aliphatic carbocycles. The molecule has 0 saturated carbocycles. The molecule has 0 fully saturated rings. The van der Waals surface area contributed by atoms with Gasteiger partial charge in [0.05, 0.1) is 0 Å². The van der Waals surface area contributed by atoms with Crippen LogP contribution in [-0.4, -0.2) is 34.5 Å². The highest BCUT2D eigenvalue weighted by Crippen LogP contribution is 2.50. The van der Waals surface area contributed by atoms with Crippen LogP contribution < -0.4 is 11.1 Å². The zero-order valence-corrected chi connectivity index (χ0v) is 19.4. The largest absolute Gasteiger partial charge is 0.344 e. The number of hydrogen-bond donors (Lipinski definition) is 2. The van der Waals surface area contributed by atoms with Gasteiger partial charge in [-0.25, -0.2) is 9.40 Å². The van der Waals surface area contributed by atoms with Crippen LogP contribution in [0.4, 0.5) is 4.39 Å². The lowest BCUT2D eigenvalue weighted by atomic mass is 9.97. The fraction of sp³-hybridized carbons (Fsp3) is 0.375. The lowest BCUT2D eigenvalue weighted by Gasteiger charge is -2.38. The maximum Gasteiger partial charge on any atom is 0.267 e. The molecule has 2 aromatic carbocycles. The number of benzene rings is 2. The second kappa shape index (κ2) is 10.3. The van der Waals surface area contributed by atoms with E-state index in [1.165, 1.54) is 35.8 Å². The van der Waals surface area contributed by atoms with E-state index < -0.39 is 10.9 Å². The van der Waals surface area contributed by atoms with Gasteiger partial charge in [0.1, 0.15) is 21.8 Å². The van der Waals surface area contributed by atoms with Crippen molar-refractivity contribution in [2.24, 2.45) is 16.8 Å². The summed E-state index contributed by atoms with van der Waals surface area (Å²) in [6.07, 6.45) is 1.21. The first-order valence-electron chi connectivity index (χ1n) is 10.7. The van der Waals surface area contributed by atoms with E-state index >= 15 is 0 Å². The minimum Gasteiger partial charge on any atom is -0.344 e. The van der Waals surface area contributed by atoms with Crippen molar-refractivity contribution in [1.82, 2.24) is 10.3 Å². The predicted molar refractivity (Wildman–Crippen MR) is 126 cm³/mol. The number of nitrogens with zero attached hydrogens (tertiary/aromatic N) is 2. The zero-order valence-electron chi connectivity index (χ0n) is 18.5. The molecule has 8 heteroatoms. The number of rotatable bonds is 8. The Morgan fingerprint density at radius 1 is 1.19 bits per heavy atom. The Balaban J connectivity index is 2.14. The number of carbonyl (C=O) groups is 2. The van der Waals surface area contributed by atoms with Gasteiger partial charge in [-0.05, 0) is 43.0 Å². The molecule has 1 aliphatic heterocycles. The Morgan fingerprint density at radius 3 is 2.50 bits per heavy atom. The number of hydrogen-bond acceptors (Lipinski definition) is 5. The number of thioether (sulfide) groups is 1. The van der Waals surface area contributed by atoms with Crippen LogP contribution in [0.2, 0.25) is 0 Å². The fourth-order valence-electron chi connectivity index (χ4n) is 3.75. The summed E-state index contributed by atoms with van der Waals surface area (Å²) in [4.78, 5) is 24.8. The van der Waals surface area contributed by atoms with Gasteiger partial charge in [-0.1, -0.05) is 68.1 Å². The van der Waals surface area contributed by atoms with E-state index in [2.05, 4.69) is 5.32 Å². The third-order valence-corrected chi connectivity index (χ3v) is 6.78. The van der Waals surface area contributed by atoms with Gasteiger partial charge in [0.2, 0.25) is 5.91 Å². The maximum atomic E-state index is 14.0. The Kier molecular flexibility index (Phi) is 7.69. The van der Waals surface area contributed by atoms with Crippen molar-refractivity contribution in [2.45, 2.75) is 44.5 Å². The van der Waals surface area contributed by atoms with Crippen molar-refractivity contribution in [2.75, 3.05) is 6.54 Å². The molecule has 1 heterocycles. The van der Waals surface area contributed by atoms with Crippen molar-refractivity contribution < 1.29 is 14.0 Å². The summed E-state index contributed by atoms with van der Waals surface area (Å²) in [7, 11) is 0. The first kappa shape index (κ1) is 23.9. The lowest BCUT2D eigenvalue weighted by Crippen LogP contribution is -2.53. The Bertz CT molecular complexity index is 999. The second-order valence-electron chi connectivity index (χ2n) is 8.13. The van der Waals surface area contributed by atoms with E-state index in [1.54, 1.807) is 12.1 Å². The van der Waals surface area contributed by atoms with Crippen molar-refractivity contribution in [3.63, 3.8) is 0 Å². The number of hydrazone groups is 1. The summed E-state index contributed by atoms with van der Waals surface area (Å²) in [5, 5.41) is 9.49. The molecule has 3 N–H and O–H groups in total. The second-order valence-corrected chi connectivity index (χ2v) is 9.40. The van der Waals surface area contributed by atoms with Crippen molar-refractivity contribution in [3.05, 3.63) is 71.5 Å². The summed E-state index contributed by atoms with van der Waals surface area (Å²) in [6.45, 7) is 5.60. The highest BCUT2D eigenvalue weighted by molar-refractivity contribution is 8.15. The van der Waals surface area contributed by atoms with Crippen LogP contribution >= 0.6 is 11.8 Å². The minimum atomic E-state index is -0.856. The third-order valence-electron chi connectivity index (χ3n) is 5.31. The highest BCUT2D eigenvalue weighted by atomic mass is 32.2. The number of carbonyl (C=O) groups excluding carboxylic acids is 2. The van der Waals surface area contributed by atoms with Crippen molar-refractivity contribution in [3.8, 4) is 0 Å². The van der Waals surface area contributed by atoms with Crippen molar-refractivity contribution in [1.29, 1.82) is 0 Å². The first-order chi connectivity index (χ1) is 15.3. The van der Waals surface area contributed by atoms with E-state index in [1.807, 2.05) is 44.2 Å². The van der Waals surface area contributed by atoms with Crippen molar-refractivity contribution >= 4 is 28.6 Å². The molecule has 6 nitrogen and oxygen atoms in total. The molecule has 1 unspecified atom stereocenters. The molecule has 32 heavy (non-hydrogen) atoms. The third kappa shape index (κ3) is 5.02.